The van der Waals surface area contributed by atoms with Gasteiger partial charge in [0, 0.05) is 54.6 Å². The first-order valence-electron chi connectivity index (χ1n) is 11.2. The molecule has 0 spiro atoms. The van der Waals surface area contributed by atoms with E-state index in [-0.39, 0.29) is 0 Å². The molecule has 0 aliphatic rings. The molecule has 0 aliphatic carbocycles. The van der Waals surface area contributed by atoms with Crippen molar-refractivity contribution in [3.63, 3.8) is 0 Å². The zero-order chi connectivity index (χ0) is 24.4. The quantitative estimate of drug-likeness (QED) is 0.331. The van der Waals surface area contributed by atoms with Gasteiger partial charge in [0.05, 0.1) is 55.6 Å². The lowest BCUT2D eigenvalue weighted by Crippen LogP contribution is -2.17. The van der Waals surface area contributed by atoms with Gasteiger partial charge >= 0.3 is 0 Å². The summed E-state index contributed by atoms with van der Waals surface area (Å²) in [6, 6.07) is 16.0. The Morgan fingerprint density at radius 3 is 2.34 bits per heavy atom. The predicted molar refractivity (Wildman–Crippen MR) is 136 cm³/mol. The van der Waals surface area contributed by atoms with Crippen LogP contribution in [0.4, 0.5) is 11.4 Å². The van der Waals surface area contributed by atoms with Crippen molar-refractivity contribution in [3.05, 3.63) is 84.6 Å². The lowest BCUT2D eigenvalue weighted by Gasteiger charge is -2.26. The first kappa shape index (κ1) is 22.3. The molecule has 0 N–H and O–H groups in total. The highest BCUT2D eigenvalue weighted by molar-refractivity contribution is 5.82. The largest absolute Gasteiger partial charge is 0.497 e. The van der Waals surface area contributed by atoms with E-state index in [9.17, 15) is 0 Å². The van der Waals surface area contributed by atoms with Crippen molar-refractivity contribution in [2.45, 2.75) is 13.5 Å². The monoisotopic (exact) mass is 466 g/mol. The molecule has 0 saturated heterocycles. The van der Waals surface area contributed by atoms with E-state index in [1.165, 1.54) is 0 Å². The Balaban J connectivity index is 1.62. The van der Waals surface area contributed by atoms with Crippen molar-refractivity contribution >= 4 is 22.4 Å². The smallest absolute Gasteiger partial charge is 0.124 e. The van der Waals surface area contributed by atoms with Crippen LogP contribution in [0.25, 0.3) is 22.3 Å². The van der Waals surface area contributed by atoms with E-state index in [1.807, 2.05) is 61.9 Å². The zero-order valence-corrected chi connectivity index (χ0v) is 20.1. The normalized spacial score (nSPS) is 11.0. The van der Waals surface area contributed by atoms with Crippen molar-refractivity contribution in [1.29, 1.82) is 0 Å². The lowest BCUT2D eigenvalue weighted by molar-refractivity contribution is 0.394. The van der Waals surface area contributed by atoms with Crippen LogP contribution in [0.5, 0.6) is 11.5 Å². The molecule has 2 aromatic carbocycles. The van der Waals surface area contributed by atoms with E-state index in [0.29, 0.717) is 18.0 Å². The molecule has 5 aromatic rings. The molecule has 35 heavy (non-hydrogen) atoms. The molecular weight excluding hydrogens is 440 g/mol. The summed E-state index contributed by atoms with van der Waals surface area (Å²) in [5.74, 6) is 1.42. The minimum Gasteiger partial charge on any atom is -0.497 e. The Hall–Kier alpha value is -4.46. The molecule has 0 fully saturated rings. The van der Waals surface area contributed by atoms with Gasteiger partial charge in [0.15, 0.2) is 0 Å². The molecule has 0 amide bonds. The van der Waals surface area contributed by atoms with Gasteiger partial charge in [-0.05, 0) is 42.8 Å². The number of fused-ring (bicyclic) bond motifs is 1. The highest BCUT2D eigenvalue weighted by atomic mass is 16.5. The molecule has 3 heterocycles. The summed E-state index contributed by atoms with van der Waals surface area (Å²) in [5, 5.41) is 4.26. The summed E-state index contributed by atoms with van der Waals surface area (Å²) < 4.78 is 12.8. The van der Waals surface area contributed by atoms with Crippen LogP contribution in [0.2, 0.25) is 0 Å². The number of aromatic nitrogens is 5. The van der Waals surface area contributed by atoms with Gasteiger partial charge in [0.2, 0.25) is 0 Å². The standard InChI is InChI=1S/C27H26N6O2/c1-18-7-8-28-20(9-18)17-33(22-10-23(34-3)13-24(11-22)35-4)21-5-6-25-26(12-21)31-27(15-29-25)19-14-30-32(2)16-19/h5-16H,17H2,1-4H3. The molecule has 5 rings (SSSR count). The van der Waals surface area contributed by atoms with Crippen LogP contribution in [0.3, 0.4) is 0 Å². The average molecular weight is 467 g/mol. The minimum atomic E-state index is 0.555. The van der Waals surface area contributed by atoms with Gasteiger partial charge in [-0.1, -0.05) is 0 Å². The van der Waals surface area contributed by atoms with Crippen LogP contribution in [-0.2, 0) is 13.6 Å². The Morgan fingerprint density at radius 2 is 1.66 bits per heavy atom. The van der Waals surface area contributed by atoms with Crippen LogP contribution < -0.4 is 14.4 Å². The second-order valence-corrected chi connectivity index (χ2v) is 8.31. The number of methoxy groups -OCH3 is 2. The van der Waals surface area contributed by atoms with Gasteiger partial charge < -0.3 is 14.4 Å². The summed E-state index contributed by atoms with van der Waals surface area (Å²) in [5.41, 5.74) is 7.28. The van der Waals surface area contributed by atoms with Crippen molar-refractivity contribution in [1.82, 2.24) is 24.7 Å². The number of nitrogens with zero attached hydrogens (tertiary/aromatic N) is 6. The Labute approximate surface area is 203 Å². The van der Waals surface area contributed by atoms with E-state index in [0.717, 1.165) is 44.9 Å². The van der Waals surface area contributed by atoms with Crippen LogP contribution in [0, 0.1) is 6.92 Å². The van der Waals surface area contributed by atoms with Crippen LogP contribution >= 0.6 is 0 Å². The summed E-state index contributed by atoms with van der Waals surface area (Å²) in [7, 11) is 5.18. The fraction of sp³-hybridized carbons (Fsp3) is 0.185. The second kappa shape index (κ2) is 9.42. The molecule has 176 valence electrons. The Bertz CT molecular complexity index is 1470. The summed E-state index contributed by atoms with van der Waals surface area (Å²) in [6.07, 6.45) is 7.33. The maximum Gasteiger partial charge on any atom is 0.124 e. The SMILES string of the molecule is COc1cc(OC)cc(N(Cc2cc(C)ccn2)c2ccc3ncc(-c4cnn(C)c4)nc3c2)c1. The number of benzene rings is 2. The topological polar surface area (TPSA) is 78.2 Å². The number of hydrogen-bond donors (Lipinski definition) is 0. The third kappa shape index (κ3) is 4.77. The molecule has 0 saturated carbocycles. The number of anilines is 2. The highest BCUT2D eigenvalue weighted by Crippen LogP contribution is 2.35. The Kier molecular flexibility index (Phi) is 6.01. The van der Waals surface area contributed by atoms with Gasteiger partial charge in [-0.3, -0.25) is 14.6 Å². The lowest BCUT2D eigenvalue weighted by atomic mass is 10.1. The maximum absolute atomic E-state index is 5.54. The highest BCUT2D eigenvalue weighted by Gasteiger charge is 2.16. The van der Waals surface area contributed by atoms with Crippen LogP contribution in [0.15, 0.2) is 73.3 Å². The average Bonchev–Trinajstić information content (AvgIpc) is 3.32. The molecule has 0 bridgehead atoms. The summed E-state index contributed by atoms with van der Waals surface area (Å²) in [6.45, 7) is 2.62. The summed E-state index contributed by atoms with van der Waals surface area (Å²) >= 11 is 0. The molecule has 8 nitrogen and oxygen atoms in total. The molecule has 0 unspecified atom stereocenters. The van der Waals surface area contributed by atoms with E-state index in [2.05, 4.69) is 33.0 Å². The van der Waals surface area contributed by atoms with Crippen LogP contribution in [-0.4, -0.2) is 39.0 Å². The van der Waals surface area contributed by atoms with E-state index in [4.69, 9.17) is 14.5 Å². The minimum absolute atomic E-state index is 0.555. The molecule has 0 aliphatic heterocycles. The van der Waals surface area contributed by atoms with Crippen molar-refractivity contribution in [3.8, 4) is 22.8 Å². The number of aryl methyl sites for hydroxylation is 2. The van der Waals surface area contributed by atoms with Gasteiger partial charge in [-0.2, -0.15) is 5.10 Å². The zero-order valence-electron chi connectivity index (χ0n) is 20.1. The fourth-order valence-corrected chi connectivity index (χ4v) is 3.99. The first-order chi connectivity index (χ1) is 17.0. The van der Waals surface area contributed by atoms with Crippen molar-refractivity contribution in [2.75, 3.05) is 19.1 Å². The van der Waals surface area contributed by atoms with Gasteiger partial charge in [0.1, 0.15) is 11.5 Å². The predicted octanol–water partition coefficient (Wildman–Crippen LogP) is 5.09. The molecule has 0 atom stereocenters. The fourth-order valence-electron chi connectivity index (χ4n) is 3.99. The molecule has 0 radical (unpaired) electrons. The first-order valence-corrected chi connectivity index (χ1v) is 11.2. The van der Waals surface area contributed by atoms with Crippen molar-refractivity contribution in [2.24, 2.45) is 7.05 Å². The number of rotatable bonds is 7. The van der Waals surface area contributed by atoms with E-state index < -0.39 is 0 Å². The van der Waals surface area contributed by atoms with Gasteiger partial charge in [-0.25, -0.2) is 4.98 Å². The van der Waals surface area contributed by atoms with E-state index in [1.54, 1.807) is 31.3 Å². The molecule has 8 heteroatoms. The van der Waals surface area contributed by atoms with Crippen molar-refractivity contribution < 1.29 is 9.47 Å². The summed E-state index contributed by atoms with van der Waals surface area (Å²) in [4.78, 5) is 16.3. The third-order valence-corrected chi connectivity index (χ3v) is 5.78. The number of pyridine rings is 1. The third-order valence-electron chi connectivity index (χ3n) is 5.78. The number of ether oxygens (including phenoxy) is 2. The van der Waals surface area contributed by atoms with Gasteiger partial charge in [-0.15, -0.1) is 0 Å². The Morgan fingerprint density at radius 1 is 0.857 bits per heavy atom. The second-order valence-electron chi connectivity index (χ2n) is 8.31. The molecular formula is C27H26N6O2. The number of hydrogen-bond acceptors (Lipinski definition) is 7. The molecule has 3 aromatic heterocycles. The van der Waals surface area contributed by atoms with Gasteiger partial charge in [0.25, 0.3) is 0 Å². The maximum atomic E-state index is 5.54. The van der Waals surface area contributed by atoms with E-state index >= 15 is 0 Å². The van der Waals surface area contributed by atoms with Crippen LogP contribution in [0.1, 0.15) is 11.3 Å².